The Morgan fingerprint density at radius 1 is 1.00 bits per heavy atom. The Morgan fingerprint density at radius 2 is 1.74 bits per heavy atom. The first-order chi connectivity index (χ1) is 13.0. The number of rotatable bonds is 7. The summed E-state index contributed by atoms with van der Waals surface area (Å²) in [5.74, 6) is -2.69. The third kappa shape index (κ3) is 4.82. The zero-order valence-electron chi connectivity index (χ0n) is 14.5. The maximum Gasteiger partial charge on any atom is 0.303 e. The van der Waals surface area contributed by atoms with Gasteiger partial charge in [-0.25, -0.2) is 4.39 Å². The van der Waals surface area contributed by atoms with Gasteiger partial charge in [-0.2, -0.15) is 0 Å². The van der Waals surface area contributed by atoms with Crippen LogP contribution >= 0.6 is 0 Å². The van der Waals surface area contributed by atoms with E-state index < -0.39 is 17.7 Å². The number of anilines is 1. The fraction of sp³-hybridized carbons (Fsp3) is 0.143. The van der Waals surface area contributed by atoms with Gasteiger partial charge in [-0.15, -0.1) is 0 Å². The number of halogens is 1. The molecular weight excluding hydrogens is 347 g/mol. The Morgan fingerprint density at radius 3 is 2.44 bits per heavy atom. The van der Waals surface area contributed by atoms with Crippen LogP contribution < -0.4 is 5.32 Å². The summed E-state index contributed by atoms with van der Waals surface area (Å²) in [4.78, 5) is 23.6. The number of nitrogens with one attached hydrogen (secondary N) is 1. The van der Waals surface area contributed by atoms with Crippen molar-refractivity contribution in [3.63, 3.8) is 0 Å². The number of carboxylic acids is 1. The molecule has 6 heteroatoms. The largest absolute Gasteiger partial charge is 0.481 e. The molecule has 1 atom stereocenters. The second-order valence-electron chi connectivity index (χ2n) is 6.21. The topological polar surface area (TPSA) is 71.3 Å². The second-order valence-corrected chi connectivity index (χ2v) is 6.21. The summed E-state index contributed by atoms with van der Waals surface area (Å²) in [5, 5.41) is 11.9. The van der Waals surface area contributed by atoms with E-state index in [4.69, 9.17) is 5.11 Å². The molecule has 27 heavy (non-hydrogen) atoms. The van der Waals surface area contributed by atoms with Crippen molar-refractivity contribution in [1.29, 1.82) is 0 Å². The van der Waals surface area contributed by atoms with Crippen LogP contribution in [-0.2, 0) is 9.59 Å². The van der Waals surface area contributed by atoms with E-state index >= 15 is 0 Å². The minimum Gasteiger partial charge on any atom is -0.481 e. The average molecular weight is 366 g/mol. The number of amides is 1. The molecule has 1 heterocycles. The van der Waals surface area contributed by atoms with Crippen LogP contribution in [0.15, 0.2) is 73.1 Å². The molecule has 5 nitrogen and oxygen atoms in total. The monoisotopic (exact) mass is 366 g/mol. The quantitative estimate of drug-likeness (QED) is 0.658. The van der Waals surface area contributed by atoms with Gasteiger partial charge in [0, 0.05) is 36.1 Å². The molecule has 0 aliphatic carbocycles. The van der Waals surface area contributed by atoms with E-state index in [1.165, 1.54) is 18.2 Å². The highest BCUT2D eigenvalue weighted by Gasteiger charge is 2.22. The van der Waals surface area contributed by atoms with Gasteiger partial charge < -0.3 is 15.0 Å². The van der Waals surface area contributed by atoms with Gasteiger partial charge in [0.1, 0.15) is 5.82 Å². The van der Waals surface area contributed by atoms with E-state index in [0.717, 1.165) is 5.69 Å². The number of aromatic nitrogens is 1. The smallest absolute Gasteiger partial charge is 0.303 e. The van der Waals surface area contributed by atoms with Crippen LogP contribution in [0.2, 0.25) is 0 Å². The number of hydrogen-bond donors (Lipinski definition) is 2. The van der Waals surface area contributed by atoms with Crippen LogP contribution in [0.5, 0.6) is 0 Å². The minimum absolute atomic E-state index is 0.124. The lowest BCUT2D eigenvalue weighted by Gasteiger charge is -2.16. The number of nitrogens with zero attached hydrogens (tertiary/aromatic N) is 1. The van der Waals surface area contributed by atoms with Crippen LogP contribution in [0.25, 0.3) is 5.69 Å². The van der Waals surface area contributed by atoms with Crippen LogP contribution in [-0.4, -0.2) is 21.6 Å². The number of hydrogen-bond acceptors (Lipinski definition) is 2. The third-order valence-electron chi connectivity index (χ3n) is 4.23. The highest BCUT2D eigenvalue weighted by atomic mass is 19.1. The van der Waals surface area contributed by atoms with Gasteiger partial charge in [0.25, 0.3) is 0 Å². The van der Waals surface area contributed by atoms with Gasteiger partial charge in [-0.1, -0.05) is 24.3 Å². The normalized spacial score (nSPS) is 11.7. The molecule has 138 valence electrons. The fourth-order valence-electron chi connectivity index (χ4n) is 3.00. The highest BCUT2D eigenvalue weighted by Crippen LogP contribution is 2.27. The Kier molecular flexibility index (Phi) is 5.66. The summed E-state index contributed by atoms with van der Waals surface area (Å²) in [6.45, 7) is 0. The van der Waals surface area contributed by atoms with Gasteiger partial charge in [-0.05, 0) is 42.0 Å². The number of carbonyl (C=O) groups excluding carboxylic acids is 1. The first kappa shape index (κ1) is 18.4. The van der Waals surface area contributed by atoms with Gasteiger partial charge in [-0.3, -0.25) is 9.59 Å². The average Bonchev–Trinajstić information content (AvgIpc) is 3.16. The Labute approximate surface area is 156 Å². The molecule has 0 bridgehead atoms. The van der Waals surface area contributed by atoms with E-state index in [1.807, 2.05) is 47.3 Å². The molecular formula is C21H19FN2O3. The third-order valence-corrected chi connectivity index (χ3v) is 4.23. The summed E-state index contributed by atoms with van der Waals surface area (Å²) in [6, 6.07) is 17.0. The highest BCUT2D eigenvalue weighted by molar-refractivity contribution is 5.91. The van der Waals surface area contributed by atoms with E-state index in [-0.39, 0.29) is 24.3 Å². The maximum atomic E-state index is 14.1. The van der Waals surface area contributed by atoms with E-state index in [0.29, 0.717) is 5.69 Å². The molecule has 3 rings (SSSR count). The Bertz CT molecular complexity index is 938. The molecule has 0 saturated heterocycles. The molecule has 0 aliphatic heterocycles. The lowest BCUT2D eigenvalue weighted by atomic mass is 9.91. The van der Waals surface area contributed by atoms with Crippen LogP contribution in [0.4, 0.5) is 10.1 Å². The predicted molar refractivity (Wildman–Crippen MR) is 100 cm³/mol. The SMILES string of the molecule is O=C(O)CC(CC(=O)Nc1cccc(-n2cccc2)c1)c1ccccc1F. The number of carboxylic acid groups (broad SMARTS) is 1. The summed E-state index contributed by atoms with van der Waals surface area (Å²) < 4.78 is 16.0. The van der Waals surface area contributed by atoms with Crippen molar-refractivity contribution in [2.75, 3.05) is 5.32 Å². The molecule has 2 N–H and O–H groups in total. The minimum atomic E-state index is -1.08. The summed E-state index contributed by atoms with van der Waals surface area (Å²) >= 11 is 0. The number of benzene rings is 2. The first-order valence-electron chi connectivity index (χ1n) is 8.52. The van der Waals surface area contributed by atoms with Crippen molar-refractivity contribution in [1.82, 2.24) is 4.57 Å². The second kappa shape index (κ2) is 8.31. The van der Waals surface area contributed by atoms with Crippen LogP contribution in [0.3, 0.4) is 0 Å². The zero-order valence-corrected chi connectivity index (χ0v) is 14.5. The van der Waals surface area contributed by atoms with Crippen molar-refractivity contribution in [2.45, 2.75) is 18.8 Å². The molecule has 2 aromatic carbocycles. The van der Waals surface area contributed by atoms with Crippen molar-refractivity contribution in [3.05, 3.63) is 84.4 Å². The summed E-state index contributed by atoms with van der Waals surface area (Å²) in [7, 11) is 0. The molecule has 1 aromatic heterocycles. The van der Waals surface area contributed by atoms with Gasteiger partial charge in [0.05, 0.1) is 6.42 Å². The van der Waals surface area contributed by atoms with E-state index in [2.05, 4.69) is 5.32 Å². The van der Waals surface area contributed by atoms with Crippen LogP contribution in [0, 0.1) is 5.82 Å². The van der Waals surface area contributed by atoms with Crippen molar-refractivity contribution >= 4 is 17.6 Å². The molecule has 1 amide bonds. The Balaban J connectivity index is 1.74. The lowest BCUT2D eigenvalue weighted by Crippen LogP contribution is -2.18. The van der Waals surface area contributed by atoms with Gasteiger partial charge in [0.2, 0.25) is 5.91 Å². The van der Waals surface area contributed by atoms with Gasteiger partial charge in [0.15, 0.2) is 0 Å². The number of carbonyl (C=O) groups is 2. The molecule has 0 saturated carbocycles. The molecule has 0 radical (unpaired) electrons. The summed E-state index contributed by atoms with van der Waals surface area (Å²) in [5.41, 5.74) is 1.71. The Hall–Kier alpha value is -3.41. The predicted octanol–water partition coefficient (Wildman–Crippen LogP) is 4.20. The molecule has 0 fully saturated rings. The molecule has 1 unspecified atom stereocenters. The van der Waals surface area contributed by atoms with E-state index in [9.17, 15) is 14.0 Å². The maximum absolute atomic E-state index is 14.1. The standard InChI is InChI=1S/C21H19FN2O3/c22-19-9-2-1-8-18(19)15(13-21(26)27)12-20(25)23-16-6-5-7-17(14-16)24-10-3-4-11-24/h1-11,14-15H,12-13H2,(H,23,25)(H,26,27). The molecule has 3 aromatic rings. The lowest BCUT2D eigenvalue weighted by molar-refractivity contribution is -0.137. The van der Waals surface area contributed by atoms with Crippen molar-refractivity contribution in [3.8, 4) is 5.69 Å². The first-order valence-corrected chi connectivity index (χ1v) is 8.52. The van der Waals surface area contributed by atoms with Crippen molar-refractivity contribution in [2.24, 2.45) is 0 Å². The van der Waals surface area contributed by atoms with Crippen molar-refractivity contribution < 1.29 is 19.1 Å². The fourth-order valence-corrected chi connectivity index (χ4v) is 3.00. The number of aliphatic carboxylic acids is 1. The molecule has 0 spiro atoms. The molecule has 0 aliphatic rings. The van der Waals surface area contributed by atoms with Crippen LogP contribution in [0.1, 0.15) is 24.3 Å². The van der Waals surface area contributed by atoms with E-state index in [1.54, 1.807) is 12.1 Å². The van der Waals surface area contributed by atoms with Gasteiger partial charge >= 0.3 is 5.97 Å². The summed E-state index contributed by atoms with van der Waals surface area (Å²) in [6.07, 6.45) is 3.34. The zero-order chi connectivity index (χ0) is 19.2.